The lowest BCUT2D eigenvalue weighted by molar-refractivity contribution is 0.112. The highest BCUT2D eigenvalue weighted by molar-refractivity contribution is 9.10. The number of piperidine rings is 1. The molecule has 3 rings (SSSR count). The van der Waals surface area contributed by atoms with Gasteiger partial charge in [-0.15, -0.1) is 0 Å². The zero-order valence-corrected chi connectivity index (χ0v) is 14.1. The molecule has 2 unspecified atom stereocenters. The molecular formula is C16H23BrN2O2. The number of fused-ring (bicyclic) bond motifs is 1. The van der Waals surface area contributed by atoms with E-state index < -0.39 is 0 Å². The van der Waals surface area contributed by atoms with E-state index in [1.165, 1.54) is 18.4 Å². The molecule has 0 saturated carbocycles. The Balaban J connectivity index is 1.77. The Morgan fingerprint density at radius 2 is 1.95 bits per heavy atom. The van der Waals surface area contributed by atoms with E-state index in [0.29, 0.717) is 25.2 Å². The van der Waals surface area contributed by atoms with Crippen molar-refractivity contribution < 1.29 is 9.47 Å². The normalized spacial score (nSPS) is 25.9. The highest BCUT2D eigenvalue weighted by Crippen LogP contribution is 2.36. The van der Waals surface area contributed by atoms with Crippen LogP contribution >= 0.6 is 15.9 Å². The summed E-state index contributed by atoms with van der Waals surface area (Å²) in [6, 6.07) is 4.74. The van der Waals surface area contributed by atoms with Crippen LogP contribution in [0.3, 0.4) is 0 Å². The van der Waals surface area contributed by atoms with Crippen molar-refractivity contribution in [2.45, 2.75) is 32.4 Å². The van der Waals surface area contributed by atoms with Crippen molar-refractivity contribution in [2.75, 3.05) is 26.3 Å². The Bertz CT molecular complexity index is 509. The van der Waals surface area contributed by atoms with Gasteiger partial charge in [0.25, 0.3) is 0 Å². The fraction of sp³-hybridized carbons (Fsp3) is 0.625. The van der Waals surface area contributed by atoms with Gasteiger partial charge in [0.2, 0.25) is 0 Å². The van der Waals surface area contributed by atoms with Gasteiger partial charge in [-0.05, 0) is 49.9 Å². The molecule has 1 aromatic rings. The van der Waals surface area contributed by atoms with Gasteiger partial charge in [-0.2, -0.15) is 0 Å². The molecule has 5 heteroatoms. The number of halogens is 1. The van der Waals surface area contributed by atoms with Crippen LogP contribution in [0.25, 0.3) is 0 Å². The molecule has 2 heterocycles. The second-order valence-corrected chi connectivity index (χ2v) is 6.90. The number of likely N-dealkylation sites (tertiary alicyclic amines) is 1. The first-order valence-electron chi connectivity index (χ1n) is 7.69. The van der Waals surface area contributed by atoms with E-state index in [9.17, 15) is 0 Å². The van der Waals surface area contributed by atoms with E-state index in [1.807, 2.05) is 6.07 Å². The van der Waals surface area contributed by atoms with Gasteiger partial charge in [0.15, 0.2) is 11.5 Å². The monoisotopic (exact) mass is 354 g/mol. The molecule has 1 saturated heterocycles. The van der Waals surface area contributed by atoms with Crippen LogP contribution in [0, 0.1) is 5.92 Å². The van der Waals surface area contributed by atoms with E-state index in [4.69, 9.17) is 15.2 Å². The van der Waals surface area contributed by atoms with Gasteiger partial charge < -0.3 is 15.2 Å². The van der Waals surface area contributed by atoms with Crippen molar-refractivity contribution in [1.82, 2.24) is 4.90 Å². The molecule has 4 nitrogen and oxygen atoms in total. The van der Waals surface area contributed by atoms with E-state index in [2.05, 4.69) is 33.8 Å². The number of hydrogen-bond acceptors (Lipinski definition) is 4. The minimum absolute atomic E-state index is 0.605. The zero-order valence-electron chi connectivity index (χ0n) is 12.5. The lowest BCUT2D eigenvalue weighted by atomic mass is 9.93. The van der Waals surface area contributed by atoms with Gasteiger partial charge in [0.05, 0.1) is 0 Å². The Kier molecular flexibility index (Phi) is 4.72. The maximum absolute atomic E-state index is 5.85. The zero-order chi connectivity index (χ0) is 14.8. The van der Waals surface area contributed by atoms with Crippen molar-refractivity contribution in [3.63, 3.8) is 0 Å². The minimum Gasteiger partial charge on any atom is -0.486 e. The van der Waals surface area contributed by atoms with Gasteiger partial charge in [-0.1, -0.05) is 15.9 Å². The third kappa shape index (κ3) is 3.35. The minimum atomic E-state index is 0.605. The highest BCUT2D eigenvalue weighted by atomic mass is 79.9. The fourth-order valence-electron chi connectivity index (χ4n) is 3.12. The molecule has 0 bridgehead atoms. The van der Waals surface area contributed by atoms with Gasteiger partial charge in [0, 0.05) is 23.6 Å². The van der Waals surface area contributed by atoms with Gasteiger partial charge >= 0.3 is 0 Å². The maximum atomic E-state index is 5.85. The van der Waals surface area contributed by atoms with Crippen LogP contribution in [0.1, 0.15) is 25.3 Å². The molecule has 2 atom stereocenters. The van der Waals surface area contributed by atoms with Crippen LogP contribution < -0.4 is 15.2 Å². The van der Waals surface area contributed by atoms with Crippen LogP contribution in [-0.2, 0) is 6.54 Å². The lowest BCUT2D eigenvalue weighted by Gasteiger charge is -2.38. The molecule has 2 N–H and O–H groups in total. The van der Waals surface area contributed by atoms with Crippen LogP contribution in [-0.4, -0.2) is 37.2 Å². The predicted molar refractivity (Wildman–Crippen MR) is 86.8 cm³/mol. The van der Waals surface area contributed by atoms with Gasteiger partial charge in [-0.25, -0.2) is 0 Å². The Morgan fingerprint density at radius 1 is 1.24 bits per heavy atom. The molecule has 2 aliphatic rings. The summed E-state index contributed by atoms with van der Waals surface area (Å²) in [7, 11) is 0. The van der Waals surface area contributed by atoms with E-state index in [0.717, 1.165) is 35.6 Å². The van der Waals surface area contributed by atoms with E-state index in [-0.39, 0.29) is 0 Å². The molecule has 0 aliphatic carbocycles. The standard InChI is InChI=1S/C16H23BrN2O2/c1-11-2-3-12(8-18)9-19(11)10-13-6-15-16(7-14(13)17)21-5-4-20-15/h6-7,11-12H,2-5,8-10,18H2,1H3. The maximum Gasteiger partial charge on any atom is 0.162 e. The van der Waals surface area contributed by atoms with E-state index >= 15 is 0 Å². The Labute approximate surface area is 134 Å². The number of benzene rings is 1. The molecule has 0 amide bonds. The summed E-state index contributed by atoms with van der Waals surface area (Å²) in [6.07, 6.45) is 2.47. The third-order valence-electron chi connectivity index (χ3n) is 4.53. The van der Waals surface area contributed by atoms with Crippen LogP contribution in [0.2, 0.25) is 0 Å². The summed E-state index contributed by atoms with van der Waals surface area (Å²) < 4.78 is 12.4. The number of nitrogens with two attached hydrogens (primary N) is 1. The summed E-state index contributed by atoms with van der Waals surface area (Å²) in [4.78, 5) is 2.52. The van der Waals surface area contributed by atoms with Crippen LogP contribution in [0.15, 0.2) is 16.6 Å². The van der Waals surface area contributed by atoms with Gasteiger partial charge in [-0.3, -0.25) is 4.90 Å². The summed E-state index contributed by atoms with van der Waals surface area (Å²) >= 11 is 3.67. The summed E-state index contributed by atoms with van der Waals surface area (Å²) in [5.74, 6) is 2.32. The first-order valence-corrected chi connectivity index (χ1v) is 8.49. The lowest BCUT2D eigenvalue weighted by Crippen LogP contribution is -2.43. The Morgan fingerprint density at radius 3 is 2.67 bits per heavy atom. The number of ether oxygens (including phenoxy) is 2. The fourth-order valence-corrected chi connectivity index (χ4v) is 3.57. The predicted octanol–water partition coefficient (Wildman–Crippen LogP) is 2.78. The number of rotatable bonds is 3. The summed E-state index contributed by atoms with van der Waals surface area (Å²) in [5, 5.41) is 0. The SMILES string of the molecule is CC1CCC(CN)CN1Cc1cc2c(cc1Br)OCCO2. The molecule has 1 aromatic carbocycles. The molecule has 0 radical (unpaired) electrons. The van der Waals surface area contributed by atoms with Gasteiger partial charge in [0.1, 0.15) is 13.2 Å². The average molecular weight is 355 g/mol. The van der Waals surface area contributed by atoms with Crippen molar-refractivity contribution in [3.8, 4) is 11.5 Å². The molecule has 116 valence electrons. The second kappa shape index (κ2) is 6.55. The van der Waals surface area contributed by atoms with Crippen molar-refractivity contribution >= 4 is 15.9 Å². The third-order valence-corrected chi connectivity index (χ3v) is 5.26. The highest BCUT2D eigenvalue weighted by Gasteiger charge is 2.25. The Hall–Kier alpha value is -0.780. The molecule has 2 aliphatic heterocycles. The molecule has 21 heavy (non-hydrogen) atoms. The largest absolute Gasteiger partial charge is 0.486 e. The average Bonchev–Trinajstić information content (AvgIpc) is 2.50. The topological polar surface area (TPSA) is 47.7 Å². The smallest absolute Gasteiger partial charge is 0.162 e. The van der Waals surface area contributed by atoms with Crippen molar-refractivity contribution in [2.24, 2.45) is 11.7 Å². The number of hydrogen-bond donors (Lipinski definition) is 1. The first-order chi connectivity index (χ1) is 10.2. The first kappa shape index (κ1) is 15.1. The van der Waals surface area contributed by atoms with Crippen LogP contribution in [0.5, 0.6) is 11.5 Å². The summed E-state index contributed by atoms with van der Waals surface area (Å²) in [6.45, 7) is 6.35. The molecule has 0 aromatic heterocycles. The van der Waals surface area contributed by atoms with Crippen LogP contribution in [0.4, 0.5) is 0 Å². The second-order valence-electron chi connectivity index (χ2n) is 6.04. The van der Waals surface area contributed by atoms with E-state index in [1.54, 1.807) is 0 Å². The molecular weight excluding hydrogens is 332 g/mol. The molecule has 1 fully saturated rings. The van der Waals surface area contributed by atoms with Crippen molar-refractivity contribution in [1.29, 1.82) is 0 Å². The quantitative estimate of drug-likeness (QED) is 0.906. The number of nitrogens with zero attached hydrogens (tertiary/aromatic N) is 1. The molecule has 0 spiro atoms. The summed E-state index contributed by atoms with van der Waals surface area (Å²) in [5.41, 5.74) is 7.11. The van der Waals surface area contributed by atoms with Crippen molar-refractivity contribution in [3.05, 3.63) is 22.2 Å².